The van der Waals surface area contributed by atoms with Gasteiger partial charge in [0.05, 0.1) is 31.3 Å². The molecule has 3 aromatic carbocycles. The summed E-state index contributed by atoms with van der Waals surface area (Å²) >= 11 is 0. The topological polar surface area (TPSA) is 119 Å². The highest BCUT2D eigenvalue weighted by molar-refractivity contribution is 6.01. The van der Waals surface area contributed by atoms with E-state index in [-0.39, 0.29) is 48.9 Å². The van der Waals surface area contributed by atoms with Gasteiger partial charge in [0.1, 0.15) is 17.1 Å². The molecule has 50 heavy (non-hydrogen) atoms. The molecule has 2 aromatic heterocycles. The fourth-order valence-corrected chi connectivity index (χ4v) is 6.44. The van der Waals surface area contributed by atoms with E-state index in [4.69, 9.17) is 4.74 Å². The van der Waals surface area contributed by atoms with E-state index in [2.05, 4.69) is 33.0 Å². The molecule has 1 amide bonds. The molecule has 0 saturated carbocycles. The van der Waals surface area contributed by atoms with Crippen molar-refractivity contribution in [3.63, 3.8) is 0 Å². The summed E-state index contributed by atoms with van der Waals surface area (Å²) in [5.74, 6) is -2.08. The van der Waals surface area contributed by atoms with Crippen molar-refractivity contribution >= 4 is 39.5 Å². The van der Waals surface area contributed by atoms with Crippen molar-refractivity contribution in [2.45, 2.75) is 25.3 Å². The first kappa shape index (κ1) is 34.2. The van der Waals surface area contributed by atoms with Gasteiger partial charge in [-0.25, -0.2) is 8.78 Å². The number of hydrogen-bond donors (Lipinski definition) is 1. The number of nitriles is 1. The van der Waals surface area contributed by atoms with Crippen molar-refractivity contribution < 1.29 is 23.4 Å². The Hall–Kier alpha value is -5.67. The summed E-state index contributed by atoms with van der Waals surface area (Å²) in [6.45, 7) is 3.12. The Labute approximate surface area is 288 Å². The summed E-state index contributed by atoms with van der Waals surface area (Å²) in [6, 6.07) is 20.1. The highest BCUT2D eigenvalue weighted by atomic mass is 19.1. The molecular weight excluding hydrogens is 640 g/mol. The number of anilines is 1. The van der Waals surface area contributed by atoms with E-state index in [1.807, 2.05) is 29.2 Å². The first-order chi connectivity index (χ1) is 24.3. The van der Waals surface area contributed by atoms with E-state index in [1.165, 1.54) is 50.2 Å². The number of piperazine rings is 1. The number of nitrogens with zero attached hydrogens (tertiary/aromatic N) is 7. The minimum absolute atomic E-state index is 0.00131. The van der Waals surface area contributed by atoms with Gasteiger partial charge in [-0.15, -0.1) is 0 Å². The maximum Gasteiger partial charge on any atom is 0.318 e. The van der Waals surface area contributed by atoms with Crippen LogP contribution in [0.15, 0.2) is 78.8 Å². The minimum atomic E-state index is -0.983. The molecular formula is C38H37F2N7O3. The zero-order valence-electron chi connectivity index (χ0n) is 27.9. The number of methoxy groups -OCH3 is 1. The van der Waals surface area contributed by atoms with Gasteiger partial charge in [0.15, 0.2) is 11.6 Å². The molecule has 0 bridgehead atoms. The molecule has 4 heterocycles. The Bertz CT molecular complexity index is 2080. The van der Waals surface area contributed by atoms with Crippen molar-refractivity contribution in [2.24, 2.45) is 0 Å². The number of aromatic hydroxyl groups is 1. The molecule has 2 aliphatic rings. The van der Waals surface area contributed by atoms with Crippen molar-refractivity contribution in [3.8, 4) is 29.0 Å². The van der Waals surface area contributed by atoms with Gasteiger partial charge in [-0.1, -0.05) is 36.4 Å². The van der Waals surface area contributed by atoms with E-state index in [1.54, 1.807) is 36.4 Å². The van der Waals surface area contributed by atoms with E-state index in [0.29, 0.717) is 22.5 Å². The highest BCUT2D eigenvalue weighted by Crippen LogP contribution is 2.38. The van der Waals surface area contributed by atoms with Gasteiger partial charge in [-0.05, 0) is 79.6 Å². The van der Waals surface area contributed by atoms with Crippen molar-refractivity contribution in [3.05, 3.63) is 90.3 Å². The number of pyridine rings is 1. The number of phenols is 1. The van der Waals surface area contributed by atoms with Crippen LogP contribution in [0.5, 0.6) is 11.8 Å². The summed E-state index contributed by atoms with van der Waals surface area (Å²) < 4.78 is 36.6. The molecule has 2 fully saturated rings. The second kappa shape index (κ2) is 15.3. The quantitative estimate of drug-likeness (QED) is 0.205. The van der Waals surface area contributed by atoms with Crippen LogP contribution in [0.3, 0.4) is 0 Å². The second-order valence-corrected chi connectivity index (χ2v) is 12.3. The molecule has 5 aromatic rings. The van der Waals surface area contributed by atoms with Crippen LogP contribution in [0.25, 0.3) is 38.9 Å². The predicted octanol–water partition coefficient (Wildman–Crippen LogP) is 6.35. The van der Waals surface area contributed by atoms with Crippen LogP contribution in [0.1, 0.15) is 25.0 Å². The SMILES string of the molecule is CN1CCCC1.COc1nc(N2CCN(C(=O)/C(F)=C/c3ccccn3)C(CC#N)C2)c2ccc(-c3cc(O)cc4ccccc34)c(F)c2n1. The Morgan fingerprint density at radius 2 is 1.80 bits per heavy atom. The van der Waals surface area contributed by atoms with Crippen molar-refractivity contribution in [2.75, 3.05) is 51.8 Å². The van der Waals surface area contributed by atoms with E-state index < -0.39 is 23.6 Å². The second-order valence-electron chi connectivity index (χ2n) is 12.3. The molecule has 1 N–H and O–H groups in total. The number of ether oxygens (including phenoxy) is 1. The van der Waals surface area contributed by atoms with E-state index in [9.17, 15) is 19.6 Å². The molecule has 0 aliphatic carbocycles. The molecule has 2 aliphatic heterocycles. The Kier molecular flexibility index (Phi) is 10.4. The number of rotatable bonds is 6. The van der Waals surface area contributed by atoms with E-state index >= 15 is 4.39 Å². The molecule has 7 rings (SSSR count). The summed E-state index contributed by atoms with van der Waals surface area (Å²) in [7, 11) is 3.55. The summed E-state index contributed by atoms with van der Waals surface area (Å²) in [6.07, 6.45) is 5.34. The number of halogens is 2. The molecule has 256 valence electrons. The lowest BCUT2D eigenvalue weighted by Crippen LogP contribution is -2.55. The third-order valence-corrected chi connectivity index (χ3v) is 8.95. The molecule has 12 heteroatoms. The van der Waals surface area contributed by atoms with Gasteiger partial charge in [0.2, 0.25) is 0 Å². The average molecular weight is 678 g/mol. The number of benzene rings is 3. The Morgan fingerprint density at radius 3 is 2.50 bits per heavy atom. The standard InChI is InChI=1S/C33H26F2N6O3.C5H11N/c1-44-33-38-30-26(10-9-25(29(30)35)27-18-23(42)16-20-6-2-3-8-24(20)27)31(39-33)40-14-15-41(22(19-40)11-12-36)32(43)28(34)17-21-7-4-5-13-37-21;1-6-4-2-3-5-6/h2-10,13,16-18,22,42H,11,14-15,19H2,1H3;2-5H2,1H3/b28-17-;. The predicted molar refractivity (Wildman–Crippen MR) is 189 cm³/mol. The number of amides is 1. The molecule has 1 atom stereocenters. The smallest absolute Gasteiger partial charge is 0.318 e. The maximum atomic E-state index is 16.3. The van der Waals surface area contributed by atoms with Crippen LogP contribution in [0.4, 0.5) is 14.6 Å². The summed E-state index contributed by atoms with van der Waals surface area (Å²) in [5.41, 5.74) is 1.05. The van der Waals surface area contributed by atoms with Gasteiger partial charge in [0, 0.05) is 42.9 Å². The van der Waals surface area contributed by atoms with E-state index in [0.717, 1.165) is 16.8 Å². The Balaban J connectivity index is 0.000000652. The lowest BCUT2D eigenvalue weighted by molar-refractivity contribution is -0.131. The average Bonchev–Trinajstić information content (AvgIpc) is 3.62. The number of fused-ring (bicyclic) bond motifs is 2. The number of carbonyl (C=O) groups is 1. The highest BCUT2D eigenvalue weighted by Gasteiger charge is 2.34. The molecule has 10 nitrogen and oxygen atoms in total. The lowest BCUT2D eigenvalue weighted by Gasteiger charge is -2.41. The van der Waals surface area contributed by atoms with Crippen LogP contribution >= 0.6 is 0 Å². The molecule has 1 unspecified atom stereocenters. The van der Waals surface area contributed by atoms with Crippen molar-refractivity contribution in [1.82, 2.24) is 24.8 Å². The summed E-state index contributed by atoms with van der Waals surface area (Å²) in [4.78, 5) is 31.5. The fraction of sp³-hybridized carbons (Fsp3) is 0.289. The molecule has 2 saturated heterocycles. The number of hydrogen-bond acceptors (Lipinski definition) is 9. The lowest BCUT2D eigenvalue weighted by atomic mass is 9.96. The van der Waals surface area contributed by atoms with Crippen LogP contribution in [0.2, 0.25) is 0 Å². The monoisotopic (exact) mass is 677 g/mol. The zero-order chi connectivity index (χ0) is 35.2. The fourth-order valence-electron chi connectivity index (χ4n) is 6.44. The third-order valence-electron chi connectivity index (χ3n) is 8.95. The largest absolute Gasteiger partial charge is 0.508 e. The van der Waals surface area contributed by atoms with Gasteiger partial charge >= 0.3 is 6.01 Å². The van der Waals surface area contributed by atoms with Crippen molar-refractivity contribution in [1.29, 1.82) is 5.26 Å². The third kappa shape index (κ3) is 7.33. The van der Waals surface area contributed by atoms with Crippen LogP contribution < -0.4 is 9.64 Å². The normalized spacial score (nSPS) is 16.6. The van der Waals surface area contributed by atoms with Gasteiger partial charge in [-0.3, -0.25) is 9.78 Å². The van der Waals surface area contributed by atoms with Gasteiger partial charge < -0.3 is 24.5 Å². The first-order valence-electron chi connectivity index (χ1n) is 16.4. The molecule has 0 radical (unpaired) electrons. The number of carbonyl (C=O) groups excluding carboxylic acids is 1. The molecule has 0 spiro atoms. The first-order valence-corrected chi connectivity index (χ1v) is 16.4. The van der Waals surface area contributed by atoms with Crippen LogP contribution in [0, 0.1) is 17.1 Å². The summed E-state index contributed by atoms with van der Waals surface area (Å²) in [5, 5.41) is 21.8. The number of likely N-dealkylation sites (tertiary alicyclic amines) is 1. The van der Waals surface area contributed by atoms with Crippen LogP contribution in [-0.4, -0.2) is 88.7 Å². The Morgan fingerprint density at radius 1 is 1.02 bits per heavy atom. The maximum absolute atomic E-state index is 16.3. The zero-order valence-corrected chi connectivity index (χ0v) is 27.9. The van der Waals surface area contributed by atoms with Gasteiger partial charge in [0.25, 0.3) is 5.91 Å². The number of aromatic nitrogens is 3. The minimum Gasteiger partial charge on any atom is -0.508 e. The van der Waals surface area contributed by atoms with Gasteiger partial charge in [-0.2, -0.15) is 15.2 Å². The van der Waals surface area contributed by atoms with Crippen LogP contribution in [-0.2, 0) is 4.79 Å². The number of phenolic OH excluding ortho intramolecular Hbond substituents is 1.